The van der Waals surface area contributed by atoms with Crippen LogP contribution in [0.1, 0.15) is 33.6 Å². The molecule has 1 unspecified atom stereocenters. The van der Waals surface area contributed by atoms with E-state index in [1.54, 1.807) is 6.92 Å². The molecule has 1 atom stereocenters. The summed E-state index contributed by atoms with van der Waals surface area (Å²) in [6.07, 6.45) is 3.83. The van der Waals surface area contributed by atoms with Crippen LogP contribution in [0.5, 0.6) is 0 Å². The third kappa shape index (κ3) is 4.38. The van der Waals surface area contributed by atoms with E-state index in [1.807, 2.05) is 12.9 Å². The van der Waals surface area contributed by atoms with Crippen molar-refractivity contribution < 1.29 is 4.79 Å². The summed E-state index contributed by atoms with van der Waals surface area (Å²) in [5.41, 5.74) is 1.90. The first kappa shape index (κ1) is 11.5. The fraction of sp³-hybridized carbons (Fsp3) is 0.600. The molecule has 68 valence electrons. The second-order valence-corrected chi connectivity index (χ2v) is 3.45. The van der Waals surface area contributed by atoms with Gasteiger partial charge in [0.1, 0.15) is 5.94 Å². The summed E-state index contributed by atoms with van der Waals surface area (Å²) in [6.45, 7) is 5.78. The van der Waals surface area contributed by atoms with Crippen LogP contribution in [0.2, 0.25) is 0 Å². The van der Waals surface area contributed by atoms with Gasteiger partial charge in [0.05, 0.1) is 5.38 Å². The SMILES string of the molecule is CC=C(C)CCC(Cl)C(C)=C=O. The normalized spacial score (nSPS) is 13.8. The summed E-state index contributed by atoms with van der Waals surface area (Å²) in [7, 11) is 0. The van der Waals surface area contributed by atoms with E-state index in [4.69, 9.17) is 11.6 Å². The van der Waals surface area contributed by atoms with Crippen LogP contribution in [0.4, 0.5) is 0 Å². The van der Waals surface area contributed by atoms with Gasteiger partial charge in [-0.25, -0.2) is 4.79 Å². The molecule has 12 heavy (non-hydrogen) atoms. The maximum atomic E-state index is 10.2. The van der Waals surface area contributed by atoms with Crippen LogP contribution >= 0.6 is 11.6 Å². The molecule has 0 aromatic heterocycles. The van der Waals surface area contributed by atoms with Crippen LogP contribution in [0.25, 0.3) is 0 Å². The number of hydrogen-bond donors (Lipinski definition) is 0. The minimum Gasteiger partial charge on any atom is -0.234 e. The molecule has 0 fully saturated rings. The van der Waals surface area contributed by atoms with Crippen molar-refractivity contribution in [1.82, 2.24) is 0 Å². The van der Waals surface area contributed by atoms with Gasteiger partial charge in [-0.3, -0.25) is 0 Å². The van der Waals surface area contributed by atoms with Gasteiger partial charge >= 0.3 is 0 Å². The zero-order valence-corrected chi connectivity index (χ0v) is 8.61. The first-order valence-electron chi connectivity index (χ1n) is 4.09. The monoisotopic (exact) mass is 186 g/mol. The first-order chi connectivity index (χ1) is 5.61. The van der Waals surface area contributed by atoms with E-state index in [-0.39, 0.29) is 5.38 Å². The summed E-state index contributed by atoms with van der Waals surface area (Å²) in [5, 5.41) is -0.155. The Kier molecular flexibility index (Phi) is 5.79. The molecule has 0 N–H and O–H groups in total. The lowest BCUT2D eigenvalue weighted by Gasteiger charge is -2.06. The number of rotatable bonds is 4. The highest BCUT2D eigenvalue weighted by molar-refractivity contribution is 6.22. The number of hydrogen-bond acceptors (Lipinski definition) is 1. The lowest BCUT2D eigenvalue weighted by Crippen LogP contribution is -2.00. The maximum Gasteiger partial charge on any atom is 0.124 e. The van der Waals surface area contributed by atoms with Crippen LogP contribution in [0.15, 0.2) is 17.2 Å². The molecule has 2 heteroatoms. The van der Waals surface area contributed by atoms with Crippen molar-refractivity contribution in [3.05, 3.63) is 17.2 Å². The molecule has 0 aromatic carbocycles. The Morgan fingerprint density at radius 1 is 1.58 bits per heavy atom. The van der Waals surface area contributed by atoms with Crippen molar-refractivity contribution in [2.24, 2.45) is 0 Å². The van der Waals surface area contributed by atoms with Gasteiger partial charge in [0.25, 0.3) is 0 Å². The van der Waals surface area contributed by atoms with Crippen molar-refractivity contribution in [3.63, 3.8) is 0 Å². The number of allylic oxidation sites excluding steroid dienone is 3. The fourth-order valence-electron chi connectivity index (χ4n) is 0.779. The van der Waals surface area contributed by atoms with E-state index in [1.165, 1.54) is 5.57 Å². The molecule has 0 bridgehead atoms. The second-order valence-electron chi connectivity index (χ2n) is 2.93. The predicted molar refractivity (Wildman–Crippen MR) is 53.2 cm³/mol. The largest absolute Gasteiger partial charge is 0.234 e. The van der Waals surface area contributed by atoms with E-state index in [2.05, 4.69) is 13.0 Å². The molecule has 0 radical (unpaired) electrons. The maximum absolute atomic E-state index is 10.2. The van der Waals surface area contributed by atoms with Gasteiger partial charge in [-0.1, -0.05) is 11.6 Å². The highest BCUT2D eigenvalue weighted by Crippen LogP contribution is 2.16. The molecule has 0 saturated heterocycles. The van der Waals surface area contributed by atoms with Crippen LogP contribution in [0, 0.1) is 0 Å². The lowest BCUT2D eigenvalue weighted by atomic mass is 10.1. The van der Waals surface area contributed by atoms with Crippen molar-refractivity contribution in [1.29, 1.82) is 0 Å². The van der Waals surface area contributed by atoms with Crippen molar-refractivity contribution in [2.45, 2.75) is 39.0 Å². The van der Waals surface area contributed by atoms with Gasteiger partial charge in [0, 0.05) is 5.57 Å². The molecular weight excluding hydrogens is 172 g/mol. The predicted octanol–water partition coefficient (Wildman–Crippen LogP) is 3.12. The average Bonchev–Trinajstić information content (AvgIpc) is 2.11. The number of halogens is 1. The van der Waals surface area contributed by atoms with E-state index in [0.717, 1.165) is 12.8 Å². The minimum absolute atomic E-state index is 0.155. The Bertz CT molecular complexity index is 212. The van der Waals surface area contributed by atoms with Crippen LogP contribution in [-0.4, -0.2) is 11.3 Å². The van der Waals surface area contributed by atoms with Crippen LogP contribution in [-0.2, 0) is 4.79 Å². The Morgan fingerprint density at radius 2 is 2.17 bits per heavy atom. The molecule has 0 aliphatic rings. The van der Waals surface area contributed by atoms with Gasteiger partial charge < -0.3 is 0 Å². The van der Waals surface area contributed by atoms with Gasteiger partial charge in [-0.2, -0.15) is 0 Å². The quantitative estimate of drug-likeness (QED) is 0.375. The molecule has 0 heterocycles. The third-order valence-corrected chi connectivity index (χ3v) is 2.46. The topological polar surface area (TPSA) is 17.1 Å². The smallest absolute Gasteiger partial charge is 0.124 e. The molecule has 0 rings (SSSR count). The number of alkyl halides is 1. The van der Waals surface area contributed by atoms with Crippen LogP contribution < -0.4 is 0 Å². The molecule has 1 nitrogen and oxygen atoms in total. The summed E-state index contributed by atoms with van der Waals surface area (Å²) >= 11 is 5.91. The van der Waals surface area contributed by atoms with Gasteiger partial charge in [-0.05, 0) is 33.6 Å². The Balaban J connectivity index is 3.87. The Labute approximate surface area is 79.1 Å². The summed E-state index contributed by atoms with van der Waals surface area (Å²) < 4.78 is 0. The van der Waals surface area contributed by atoms with E-state index < -0.39 is 0 Å². The van der Waals surface area contributed by atoms with E-state index in [9.17, 15) is 4.79 Å². The van der Waals surface area contributed by atoms with Crippen molar-refractivity contribution in [2.75, 3.05) is 0 Å². The zero-order valence-electron chi connectivity index (χ0n) is 7.86. The Hall–Kier alpha value is -0.520. The molecule has 0 aliphatic heterocycles. The average molecular weight is 187 g/mol. The highest BCUT2D eigenvalue weighted by Gasteiger charge is 2.06. The third-order valence-electron chi connectivity index (χ3n) is 1.92. The molecular formula is C10H15ClO. The summed E-state index contributed by atoms with van der Waals surface area (Å²) in [6, 6.07) is 0. The molecule has 0 amide bonds. The molecule has 0 aromatic rings. The highest BCUT2D eigenvalue weighted by atomic mass is 35.5. The van der Waals surface area contributed by atoms with Gasteiger partial charge in [-0.15, -0.1) is 11.6 Å². The molecule has 0 spiro atoms. The van der Waals surface area contributed by atoms with E-state index in [0.29, 0.717) is 5.57 Å². The second kappa shape index (κ2) is 6.05. The fourth-order valence-corrected chi connectivity index (χ4v) is 0.933. The summed E-state index contributed by atoms with van der Waals surface area (Å²) in [4.78, 5) is 10.2. The molecule has 0 saturated carbocycles. The summed E-state index contributed by atoms with van der Waals surface area (Å²) in [5.74, 6) is 1.82. The van der Waals surface area contributed by atoms with Crippen LogP contribution in [0.3, 0.4) is 0 Å². The van der Waals surface area contributed by atoms with Crippen molar-refractivity contribution in [3.8, 4) is 0 Å². The minimum atomic E-state index is -0.155. The zero-order chi connectivity index (χ0) is 9.56. The van der Waals surface area contributed by atoms with Crippen molar-refractivity contribution >= 4 is 17.5 Å². The van der Waals surface area contributed by atoms with E-state index >= 15 is 0 Å². The number of carbonyl (C=O) groups excluding carboxylic acids is 1. The standard InChI is InChI=1S/C10H15ClO/c1-4-8(2)5-6-10(11)9(3)7-12/h4,10H,5-6H2,1-3H3. The first-order valence-corrected chi connectivity index (χ1v) is 4.53. The molecule has 0 aliphatic carbocycles. The van der Waals surface area contributed by atoms with Gasteiger partial charge in [0.2, 0.25) is 0 Å². The van der Waals surface area contributed by atoms with Gasteiger partial charge in [0.15, 0.2) is 0 Å². The lowest BCUT2D eigenvalue weighted by molar-refractivity contribution is 0.565. The Morgan fingerprint density at radius 3 is 2.58 bits per heavy atom.